The highest BCUT2D eigenvalue weighted by Crippen LogP contribution is 2.46. The maximum atomic E-state index is 13.0. The second-order valence-corrected chi connectivity index (χ2v) is 7.80. The van der Waals surface area contributed by atoms with Crippen molar-refractivity contribution in [3.63, 3.8) is 0 Å². The molecule has 6 nitrogen and oxygen atoms in total. The quantitative estimate of drug-likeness (QED) is 0.612. The van der Waals surface area contributed by atoms with Crippen LogP contribution < -0.4 is 10.1 Å². The van der Waals surface area contributed by atoms with Crippen LogP contribution in [0.1, 0.15) is 38.4 Å². The van der Waals surface area contributed by atoms with Crippen molar-refractivity contribution in [3.05, 3.63) is 75.5 Å². The third kappa shape index (κ3) is 3.18. The minimum Gasteiger partial charge on any atom is -0.479 e. The summed E-state index contributed by atoms with van der Waals surface area (Å²) in [5.41, 5.74) is 2.61. The number of fused-ring (bicyclic) bond motifs is 1. The second-order valence-electron chi connectivity index (χ2n) is 7.80. The Labute approximate surface area is 157 Å². The number of ketones is 1. The first-order chi connectivity index (χ1) is 12.8. The first-order valence-electron chi connectivity index (χ1n) is 8.87. The molecule has 2 aromatic rings. The number of anilines is 1. The fourth-order valence-corrected chi connectivity index (χ4v) is 3.81. The molecule has 4 rings (SSSR count). The lowest BCUT2D eigenvalue weighted by Crippen LogP contribution is -2.31. The van der Waals surface area contributed by atoms with Gasteiger partial charge < -0.3 is 10.1 Å². The number of ether oxygens (including phenoxy) is 1. The summed E-state index contributed by atoms with van der Waals surface area (Å²) in [4.78, 5) is 23.8. The summed E-state index contributed by atoms with van der Waals surface area (Å²) in [5, 5.41) is 14.6. The summed E-state index contributed by atoms with van der Waals surface area (Å²) in [5.74, 6) is 0.632. The normalized spacial score (nSPS) is 20.7. The number of nitrogens with one attached hydrogen (secondary N) is 1. The van der Waals surface area contributed by atoms with Gasteiger partial charge in [-0.1, -0.05) is 38.1 Å². The molecule has 0 saturated heterocycles. The number of benzene rings is 2. The zero-order chi connectivity index (χ0) is 19.2. The number of nitrogens with zero attached hydrogens (tertiary/aromatic N) is 1. The van der Waals surface area contributed by atoms with E-state index in [9.17, 15) is 14.9 Å². The van der Waals surface area contributed by atoms with E-state index in [1.54, 1.807) is 12.1 Å². The number of carbonyl (C=O) groups is 1. The molecule has 2 aliphatic rings. The monoisotopic (exact) mass is 364 g/mol. The summed E-state index contributed by atoms with van der Waals surface area (Å²) in [7, 11) is 0. The van der Waals surface area contributed by atoms with Crippen molar-refractivity contribution < 1.29 is 14.5 Å². The van der Waals surface area contributed by atoms with E-state index < -0.39 is 11.0 Å². The minimum atomic E-state index is -0.681. The summed E-state index contributed by atoms with van der Waals surface area (Å²) in [6.07, 6.45) is 0.440. The molecule has 0 aromatic heterocycles. The molecule has 2 aromatic carbocycles. The van der Waals surface area contributed by atoms with Gasteiger partial charge in [0.2, 0.25) is 0 Å². The molecule has 1 atom stereocenters. The molecule has 1 unspecified atom stereocenters. The smallest absolute Gasteiger partial charge is 0.269 e. The van der Waals surface area contributed by atoms with Crippen LogP contribution in [0.25, 0.3) is 0 Å². The van der Waals surface area contributed by atoms with Crippen molar-refractivity contribution in [1.29, 1.82) is 0 Å². The molecule has 0 saturated carbocycles. The van der Waals surface area contributed by atoms with E-state index in [0.29, 0.717) is 29.7 Å². The first-order valence-corrected chi connectivity index (χ1v) is 8.87. The Morgan fingerprint density at radius 1 is 1.15 bits per heavy atom. The van der Waals surface area contributed by atoms with Gasteiger partial charge in [0.15, 0.2) is 11.9 Å². The molecular formula is C21H20N2O4. The van der Waals surface area contributed by atoms with E-state index in [4.69, 9.17) is 4.74 Å². The topological polar surface area (TPSA) is 81.5 Å². The highest BCUT2D eigenvalue weighted by molar-refractivity contribution is 5.99. The lowest BCUT2D eigenvalue weighted by atomic mass is 9.74. The minimum absolute atomic E-state index is 0.0121. The molecule has 0 amide bonds. The highest BCUT2D eigenvalue weighted by atomic mass is 16.6. The predicted molar refractivity (Wildman–Crippen MR) is 102 cm³/mol. The van der Waals surface area contributed by atoms with Crippen LogP contribution in [0.15, 0.2) is 59.8 Å². The van der Waals surface area contributed by atoms with Crippen LogP contribution in [0.2, 0.25) is 0 Å². The van der Waals surface area contributed by atoms with Crippen molar-refractivity contribution in [2.24, 2.45) is 5.41 Å². The fraction of sp³-hybridized carbons (Fsp3) is 0.286. The Kier molecular flexibility index (Phi) is 3.98. The Bertz CT molecular complexity index is 978. The average Bonchev–Trinajstić information content (AvgIpc) is 2.77. The van der Waals surface area contributed by atoms with Gasteiger partial charge >= 0.3 is 0 Å². The van der Waals surface area contributed by atoms with E-state index in [1.165, 1.54) is 12.1 Å². The zero-order valence-electron chi connectivity index (χ0n) is 15.2. The molecule has 0 fully saturated rings. The van der Waals surface area contributed by atoms with Crippen LogP contribution in [-0.4, -0.2) is 10.7 Å². The van der Waals surface area contributed by atoms with Gasteiger partial charge in [-0.3, -0.25) is 14.9 Å². The Hall–Kier alpha value is -3.15. The average molecular weight is 364 g/mol. The number of allylic oxidation sites excluding steroid dienone is 1. The third-order valence-corrected chi connectivity index (χ3v) is 4.98. The molecular weight excluding hydrogens is 344 g/mol. The van der Waals surface area contributed by atoms with Gasteiger partial charge in [0.25, 0.3) is 5.69 Å². The maximum absolute atomic E-state index is 13.0. The summed E-state index contributed by atoms with van der Waals surface area (Å²) >= 11 is 0. The number of nitro groups is 1. The zero-order valence-corrected chi connectivity index (χ0v) is 15.2. The number of rotatable bonds is 2. The van der Waals surface area contributed by atoms with Gasteiger partial charge in [0.05, 0.1) is 16.2 Å². The number of Topliss-reactive ketones (excluding diaryl/α,β-unsaturated/α-hetero) is 1. The molecule has 1 heterocycles. The van der Waals surface area contributed by atoms with Crippen molar-refractivity contribution >= 4 is 17.2 Å². The Morgan fingerprint density at radius 3 is 2.70 bits per heavy atom. The Morgan fingerprint density at radius 2 is 1.93 bits per heavy atom. The van der Waals surface area contributed by atoms with Gasteiger partial charge in [-0.15, -0.1) is 0 Å². The third-order valence-electron chi connectivity index (χ3n) is 4.98. The van der Waals surface area contributed by atoms with Gasteiger partial charge in [0, 0.05) is 29.8 Å². The Balaban J connectivity index is 1.89. The van der Waals surface area contributed by atoms with E-state index in [1.807, 2.05) is 24.3 Å². The van der Waals surface area contributed by atoms with Crippen LogP contribution >= 0.6 is 0 Å². The van der Waals surface area contributed by atoms with Gasteiger partial charge in [-0.05, 0) is 24.0 Å². The number of para-hydroxylation sites is 2. The van der Waals surface area contributed by atoms with Crippen LogP contribution in [-0.2, 0) is 4.79 Å². The van der Waals surface area contributed by atoms with Crippen LogP contribution in [0.4, 0.5) is 11.4 Å². The van der Waals surface area contributed by atoms with E-state index in [2.05, 4.69) is 19.2 Å². The van der Waals surface area contributed by atoms with Crippen molar-refractivity contribution in [2.45, 2.75) is 32.8 Å². The van der Waals surface area contributed by atoms with Crippen molar-refractivity contribution in [1.82, 2.24) is 0 Å². The molecule has 1 N–H and O–H groups in total. The molecule has 1 aliphatic heterocycles. The van der Waals surface area contributed by atoms with E-state index in [-0.39, 0.29) is 16.9 Å². The maximum Gasteiger partial charge on any atom is 0.269 e. The number of carbonyl (C=O) groups excluding carboxylic acids is 1. The SMILES string of the molecule is CC1(C)CC(=O)C2=C(C1)Nc1ccccc1OC2c1cccc([N+](=O)[O-])c1. The van der Waals surface area contributed by atoms with Crippen LogP contribution in [0.3, 0.4) is 0 Å². The largest absolute Gasteiger partial charge is 0.479 e. The highest BCUT2D eigenvalue weighted by Gasteiger charge is 2.40. The van der Waals surface area contributed by atoms with Crippen molar-refractivity contribution in [2.75, 3.05) is 5.32 Å². The molecule has 27 heavy (non-hydrogen) atoms. The summed E-state index contributed by atoms with van der Waals surface area (Å²) in [6.45, 7) is 4.13. The predicted octanol–water partition coefficient (Wildman–Crippen LogP) is 4.78. The summed E-state index contributed by atoms with van der Waals surface area (Å²) < 4.78 is 6.22. The van der Waals surface area contributed by atoms with Gasteiger partial charge in [-0.2, -0.15) is 0 Å². The molecule has 138 valence electrons. The molecule has 6 heteroatoms. The van der Waals surface area contributed by atoms with Gasteiger partial charge in [0.1, 0.15) is 5.75 Å². The van der Waals surface area contributed by atoms with E-state index >= 15 is 0 Å². The number of non-ortho nitro benzene ring substituents is 1. The standard InChI is InChI=1S/C21H20N2O4/c1-21(2)11-16-19(17(24)12-21)20(13-6-5-7-14(10-13)23(25)26)27-18-9-4-3-8-15(18)22-16/h3-10,20,22H,11-12H2,1-2H3. The number of hydrogen-bond donors (Lipinski definition) is 1. The number of nitro benzene ring substituents is 1. The van der Waals surface area contributed by atoms with Gasteiger partial charge in [-0.25, -0.2) is 0 Å². The lowest BCUT2D eigenvalue weighted by Gasteiger charge is -2.33. The summed E-state index contributed by atoms with van der Waals surface area (Å²) in [6, 6.07) is 13.8. The number of hydrogen-bond acceptors (Lipinski definition) is 5. The fourth-order valence-electron chi connectivity index (χ4n) is 3.81. The first kappa shape index (κ1) is 17.3. The molecule has 0 radical (unpaired) electrons. The van der Waals surface area contributed by atoms with Crippen LogP contribution in [0.5, 0.6) is 5.75 Å². The molecule has 1 aliphatic carbocycles. The van der Waals surface area contributed by atoms with Crippen LogP contribution in [0, 0.1) is 15.5 Å². The molecule has 0 bridgehead atoms. The molecule has 0 spiro atoms. The van der Waals surface area contributed by atoms with E-state index in [0.717, 1.165) is 11.4 Å². The second kappa shape index (κ2) is 6.23. The lowest BCUT2D eigenvalue weighted by molar-refractivity contribution is -0.385. The van der Waals surface area contributed by atoms with Crippen molar-refractivity contribution in [3.8, 4) is 5.75 Å².